The molecule has 0 saturated heterocycles. The first kappa shape index (κ1) is 26.2. The number of aryl methyl sites for hydroxylation is 2. The van der Waals surface area contributed by atoms with Crippen molar-refractivity contribution < 1.29 is 0 Å². The predicted octanol–water partition coefficient (Wildman–Crippen LogP) is 10.4. The molecule has 0 bridgehead atoms. The third-order valence-electron chi connectivity index (χ3n) is 9.79. The molecule has 202 valence electrons. The molecule has 3 saturated carbocycles. The Kier molecular flexibility index (Phi) is 8.27. The van der Waals surface area contributed by atoms with E-state index in [9.17, 15) is 0 Å². The van der Waals surface area contributed by atoms with E-state index in [1.807, 2.05) is 0 Å². The van der Waals surface area contributed by atoms with E-state index in [1.54, 1.807) is 5.57 Å². The van der Waals surface area contributed by atoms with Gasteiger partial charge < -0.3 is 9.80 Å². The number of anilines is 2. The van der Waals surface area contributed by atoms with Gasteiger partial charge in [-0.3, -0.25) is 0 Å². The molecule has 0 amide bonds. The minimum atomic E-state index is -0.000794. The van der Waals surface area contributed by atoms with E-state index in [0.717, 1.165) is 17.0 Å². The lowest BCUT2D eigenvalue weighted by Crippen LogP contribution is -2.34. The van der Waals surface area contributed by atoms with Crippen LogP contribution >= 0.6 is 7.92 Å². The molecular formula is C35H47N2P. The fraction of sp³-hybridized carbons (Fsp3) is 0.543. The van der Waals surface area contributed by atoms with Gasteiger partial charge in [0.1, 0.15) is 5.82 Å². The number of para-hydroxylation sites is 2. The van der Waals surface area contributed by atoms with Crippen LogP contribution in [0.2, 0.25) is 0 Å². The van der Waals surface area contributed by atoms with Crippen LogP contribution in [0.1, 0.15) is 101 Å². The summed E-state index contributed by atoms with van der Waals surface area (Å²) in [7, 11) is -0.000794. The Balaban J connectivity index is 1.49. The van der Waals surface area contributed by atoms with Crippen molar-refractivity contribution in [3.05, 3.63) is 83.5 Å². The van der Waals surface area contributed by atoms with Crippen molar-refractivity contribution in [2.24, 2.45) is 0 Å². The van der Waals surface area contributed by atoms with Crippen LogP contribution in [-0.2, 0) is 0 Å². The highest BCUT2D eigenvalue weighted by Gasteiger charge is 2.41. The monoisotopic (exact) mass is 526 g/mol. The van der Waals surface area contributed by atoms with Gasteiger partial charge in [0.2, 0.25) is 0 Å². The molecule has 1 heterocycles. The second-order valence-electron chi connectivity index (χ2n) is 12.3. The Labute approximate surface area is 232 Å². The van der Waals surface area contributed by atoms with Gasteiger partial charge in [-0.2, -0.15) is 0 Å². The predicted molar refractivity (Wildman–Crippen MR) is 166 cm³/mol. The zero-order valence-corrected chi connectivity index (χ0v) is 24.6. The van der Waals surface area contributed by atoms with Crippen molar-refractivity contribution in [2.45, 2.75) is 121 Å². The third kappa shape index (κ3) is 5.23. The summed E-state index contributed by atoms with van der Waals surface area (Å²) in [6, 6.07) is 18.0. The first-order chi connectivity index (χ1) is 18.7. The van der Waals surface area contributed by atoms with Gasteiger partial charge in [-0.1, -0.05) is 89.3 Å². The van der Waals surface area contributed by atoms with Crippen LogP contribution in [0.5, 0.6) is 0 Å². The molecule has 0 aromatic heterocycles. The van der Waals surface area contributed by atoms with Crippen molar-refractivity contribution in [2.75, 3.05) is 9.80 Å². The van der Waals surface area contributed by atoms with Gasteiger partial charge in [-0.15, -0.1) is 0 Å². The largest absolute Gasteiger partial charge is 0.301 e. The normalized spacial score (nSPS) is 23.6. The molecule has 3 fully saturated rings. The second kappa shape index (κ2) is 12.0. The minimum absolute atomic E-state index is 0.000794. The van der Waals surface area contributed by atoms with Gasteiger partial charge in [0.25, 0.3) is 0 Å². The fourth-order valence-corrected chi connectivity index (χ4v) is 12.5. The van der Waals surface area contributed by atoms with Crippen molar-refractivity contribution >= 4 is 19.3 Å². The Morgan fingerprint density at radius 2 is 1.05 bits per heavy atom. The molecule has 3 heteroatoms. The SMILES string of the molecule is Cc1ccccc1N1C=CN(c2ccccc2C)C1=C1CCCCC1P(C1CCCCC1)C1CCCCC1. The Morgan fingerprint density at radius 1 is 0.579 bits per heavy atom. The molecule has 2 nitrogen and oxygen atoms in total. The van der Waals surface area contributed by atoms with Crippen LogP contribution in [-0.4, -0.2) is 17.0 Å². The summed E-state index contributed by atoms with van der Waals surface area (Å²) in [5.74, 6) is 1.47. The van der Waals surface area contributed by atoms with E-state index in [4.69, 9.17) is 0 Å². The maximum absolute atomic E-state index is 2.56. The van der Waals surface area contributed by atoms with Crippen molar-refractivity contribution in [3.63, 3.8) is 0 Å². The maximum Gasteiger partial charge on any atom is 0.121 e. The van der Waals surface area contributed by atoms with E-state index < -0.39 is 0 Å². The van der Waals surface area contributed by atoms with Crippen LogP contribution in [0.3, 0.4) is 0 Å². The highest BCUT2D eigenvalue weighted by Crippen LogP contribution is 2.63. The van der Waals surface area contributed by atoms with E-state index in [-0.39, 0.29) is 7.92 Å². The van der Waals surface area contributed by atoms with E-state index >= 15 is 0 Å². The summed E-state index contributed by atoms with van der Waals surface area (Å²) in [6.45, 7) is 4.55. The number of benzene rings is 2. The molecule has 0 spiro atoms. The van der Waals surface area contributed by atoms with Crippen molar-refractivity contribution in [1.82, 2.24) is 0 Å². The standard InChI is InChI=1S/C35H47N2P/c1-27-15-9-12-22-32(27)36-25-26-37(33-23-13-10-16-28(33)2)35(36)31-21-11-14-24-34(31)38(29-17-5-3-6-18-29)30-19-7-4-8-20-30/h9-10,12-13,15-16,22-23,25-26,29-30,34H,3-8,11,14,17-21,24H2,1-2H3. The lowest BCUT2D eigenvalue weighted by Gasteiger charge is -2.46. The Morgan fingerprint density at radius 3 is 1.55 bits per heavy atom. The molecule has 38 heavy (non-hydrogen) atoms. The molecule has 1 atom stereocenters. The summed E-state index contributed by atoms with van der Waals surface area (Å²) in [6.07, 6.45) is 25.0. The topological polar surface area (TPSA) is 6.48 Å². The summed E-state index contributed by atoms with van der Waals surface area (Å²) >= 11 is 0. The van der Waals surface area contributed by atoms with Gasteiger partial charge in [0.05, 0.1) is 0 Å². The van der Waals surface area contributed by atoms with E-state index in [0.29, 0.717) is 0 Å². The Hall–Kier alpha value is -2.05. The molecule has 0 radical (unpaired) electrons. The second-order valence-corrected chi connectivity index (χ2v) is 15.2. The minimum Gasteiger partial charge on any atom is -0.301 e. The molecule has 1 unspecified atom stereocenters. The number of hydrogen-bond acceptors (Lipinski definition) is 2. The lowest BCUT2D eigenvalue weighted by molar-refractivity contribution is 0.476. The zero-order valence-electron chi connectivity index (χ0n) is 23.7. The molecule has 1 aliphatic heterocycles. The highest BCUT2D eigenvalue weighted by atomic mass is 31.1. The van der Waals surface area contributed by atoms with Gasteiger partial charge in [-0.05, 0) is 98.9 Å². The van der Waals surface area contributed by atoms with Gasteiger partial charge in [0.15, 0.2) is 0 Å². The highest BCUT2D eigenvalue weighted by molar-refractivity contribution is 7.60. The van der Waals surface area contributed by atoms with Crippen LogP contribution in [0, 0.1) is 13.8 Å². The molecule has 6 rings (SSSR count). The number of nitrogens with zero attached hydrogens (tertiary/aromatic N) is 2. The van der Waals surface area contributed by atoms with Crippen LogP contribution in [0.25, 0.3) is 0 Å². The number of hydrogen-bond donors (Lipinski definition) is 0. The zero-order chi connectivity index (χ0) is 25.9. The maximum atomic E-state index is 2.56. The lowest BCUT2D eigenvalue weighted by atomic mass is 9.93. The smallest absolute Gasteiger partial charge is 0.121 e. The Bertz CT molecular complexity index is 1080. The number of allylic oxidation sites excluding steroid dienone is 1. The molecular weight excluding hydrogens is 479 g/mol. The summed E-state index contributed by atoms with van der Waals surface area (Å²) < 4.78 is 0. The van der Waals surface area contributed by atoms with Gasteiger partial charge in [0, 0.05) is 29.4 Å². The quantitative estimate of drug-likeness (QED) is 0.358. The molecule has 3 aliphatic carbocycles. The van der Waals surface area contributed by atoms with Crippen molar-refractivity contribution in [3.8, 4) is 0 Å². The third-order valence-corrected chi connectivity index (χ3v) is 13.8. The fourth-order valence-electron chi connectivity index (χ4n) is 7.91. The van der Waals surface area contributed by atoms with Gasteiger partial charge >= 0.3 is 0 Å². The van der Waals surface area contributed by atoms with Crippen LogP contribution in [0.4, 0.5) is 11.4 Å². The van der Waals surface area contributed by atoms with Crippen molar-refractivity contribution in [1.29, 1.82) is 0 Å². The average Bonchev–Trinajstić information content (AvgIpc) is 3.39. The summed E-state index contributed by atoms with van der Waals surface area (Å²) in [5.41, 5.74) is 9.96. The average molecular weight is 527 g/mol. The molecule has 4 aliphatic rings. The number of rotatable bonds is 5. The van der Waals surface area contributed by atoms with E-state index in [1.165, 1.54) is 118 Å². The summed E-state index contributed by atoms with van der Waals surface area (Å²) in [5, 5.41) is 0. The van der Waals surface area contributed by atoms with Crippen LogP contribution in [0.15, 0.2) is 72.3 Å². The van der Waals surface area contributed by atoms with E-state index in [2.05, 4.69) is 84.6 Å². The molecule has 0 N–H and O–H groups in total. The molecule has 2 aromatic carbocycles. The van der Waals surface area contributed by atoms with Crippen LogP contribution < -0.4 is 9.80 Å². The van der Waals surface area contributed by atoms with Gasteiger partial charge in [-0.25, -0.2) is 0 Å². The first-order valence-electron chi connectivity index (χ1n) is 15.6. The first-order valence-corrected chi connectivity index (χ1v) is 17.2. The molecule has 2 aromatic rings. The summed E-state index contributed by atoms with van der Waals surface area (Å²) in [4.78, 5) is 5.12.